The van der Waals surface area contributed by atoms with Gasteiger partial charge in [0.1, 0.15) is 0 Å². The molecule has 4 rings (SSSR count). The Bertz CT molecular complexity index is 1290. The summed E-state index contributed by atoms with van der Waals surface area (Å²) in [6, 6.07) is 9.84. The van der Waals surface area contributed by atoms with Gasteiger partial charge in [-0.1, -0.05) is 49.6 Å². The fraction of sp³-hybridized carbons (Fsp3) is 0.407. The van der Waals surface area contributed by atoms with Crippen LogP contribution >= 0.6 is 11.6 Å². The van der Waals surface area contributed by atoms with Crippen LogP contribution in [0.1, 0.15) is 62.6 Å². The molecule has 11 heteroatoms. The summed E-state index contributed by atoms with van der Waals surface area (Å²) in [5.41, 5.74) is 9.29. The van der Waals surface area contributed by atoms with Crippen LogP contribution in [0.3, 0.4) is 0 Å². The minimum atomic E-state index is -4.62. The molecule has 3 atom stereocenters. The highest BCUT2D eigenvalue weighted by atomic mass is 35.5. The second-order valence-corrected chi connectivity index (χ2v) is 10.2. The number of carbonyl (C=O) groups excluding carboxylic acids is 2. The van der Waals surface area contributed by atoms with Gasteiger partial charge in [0.05, 0.1) is 34.2 Å². The molecule has 1 aliphatic carbocycles. The van der Waals surface area contributed by atoms with E-state index in [1.165, 1.54) is 6.07 Å². The Balaban J connectivity index is 0.00000127. The molecule has 0 spiro atoms. The van der Waals surface area contributed by atoms with Crippen LogP contribution < -0.4 is 11.5 Å². The van der Waals surface area contributed by atoms with Crippen LogP contribution in [-0.4, -0.2) is 29.2 Å². The van der Waals surface area contributed by atoms with Crippen LogP contribution in [0, 0.1) is 17.2 Å². The second kappa shape index (κ2) is 11.4. The van der Waals surface area contributed by atoms with Crippen molar-refractivity contribution in [2.45, 2.75) is 63.7 Å². The number of nitrogens with two attached hydrogens (primary N) is 2. The first-order chi connectivity index (χ1) is 17.8. The molecular formula is C27H29ClF3N5O2. The SMILES string of the molecule is CC1CCCC(N2C(=O)CC(C)(c3cccc(-c4cc(C#N)cc(C(F)(F)F)c4)c3Cl)N=C2N)C1.NC=O. The highest BCUT2D eigenvalue weighted by Gasteiger charge is 2.42. The van der Waals surface area contributed by atoms with E-state index < -0.39 is 17.3 Å². The van der Waals surface area contributed by atoms with Gasteiger partial charge in [-0.05, 0) is 55.0 Å². The number of halogens is 4. The Morgan fingerprint density at radius 2 is 1.95 bits per heavy atom. The average molecular weight is 548 g/mol. The summed E-state index contributed by atoms with van der Waals surface area (Å²) < 4.78 is 40.2. The molecule has 7 nitrogen and oxygen atoms in total. The van der Waals surface area contributed by atoms with E-state index in [4.69, 9.17) is 22.1 Å². The van der Waals surface area contributed by atoms with Crippen LogP contribution in [0.4, 0.5) is 13.2 Å². The first-order valence-electron chi connectivity index (χ1n) is 12.1. The number of guanidine groups is 1. The maximum atomic E-state index is 13.4. The molecule has 0 radical (unpaired) electrons. The average Bonchev–Trinajstić information content (AvgIpc) is 2.83. The minimum absolute atomic E-state index is 0.0101. The molecule has 0 bridgehead atoms. The topological polar surface area (TPSA) is 126 Å². The number of aliphatic imine (C=N–C) groups is 1. The maximum Gasteiger partial charge on any atom is 0.416 e. The van der Waals surface area contributed by atoms with Crippen molar-refractivity contribution in [1.29, 1.82) is 5.26 Å². The zero-order valence-electron chi connectivity index (χ0n) is 21.1. The lowest BCUT2D eigenvalue weighted by Crippen LogP contribution is -2.55. The van der Waals surface area contributed by atoms with E-state index in [0.29, 0.717) is 17.0 Å². The van der Waals surface area contributed by atoms with E-state index in [2.05, 4.69) is 17.6 Å². The van der Waals surface area contributed by atoms with Crippen molar-refractivity contribution >= 4 is 29.9 Å². The smallest absolute Gasteiger partial charge is 0.372 e. The molecule has 3 unspecified atom stereocenters. The third-order valence-electron chi connectivity index (χ3n) is 6.93. The van der Waals surface area contributed by atoms with Crippen molar-refractivity contribution in [3.63, 3.8) is 0 Å². The summed E-state index contributed by atoms with van der Waals surface area (Å²) in [6.07, 6.45) is -0.448. The molecule has 1 heterocycles. The lowest BCUT2D eigenvalue weighted by molar-refractivity contribution is -0.137. The number of hydrogen-bond acceptors (Lipinski definition) is 5. The van der Waals surface area contributed by atoms with Crippen LogP contribution in [0.25, 0.3) is 11.1 Å². The van der Waals surface area contributed by atoms with Gasteiger partial charge >= 0.3 is 6.18 Å². The molecule has 1 aliphatic heterocycles. The molecule has 2 aromatic carbocycles. The van der Waals surface area contributed by atoms with Crippen LogP contribution in [0.5, 0.6) is 0 Å². The number of nitriles is 1. The van der Waals surface area contributed by atoms with E-state index in [-0.39, 0.29) is 46.9 Å². The van der Waals surface area contributed by atoms with Crippen molar-refractivity contribution in [3.8, 4) is 17.2 Å². The van der Waals surface area contributed by atoms with Gasteiger partial charge in [0.2, 0.25) is 12.3 Å². The molecule has 1 saturated carbocycles. The van der Waals surface area contributed by atoms with E-state index >= 15 is 0 Å². The molecule has 2 aromatic rings. The number of carbonyl (C=O) groups is 2. The maximum absolute atomic E-state index is 13.4. The quantitative estimate of drug-likeness (QED) is 0.503. The predicted octanol–water partition coefficient (Wildman–Crippen LogP) is 5.34. The van der Waals surface area contributed by atoms with Crippen LogP contribution in [0.2, 0.25) is 5.02 Å². The standard InChI is InChI=1S/C26H26ClF3N4O.CH3NO/c1-15-5-3-6-19(9-15)34-22(35)13-25(2,33-24(34)32)21-8-4-7-20(23(21)27)17-10-16(14-31)11-18(12-17)26(28,29)30;2-1-3/h4,7-8,10-12,15,19H,3,5-6,9,13H2,1-2H3,(H2,32,33);1H,(H2,2,3). The van der Waals surface area contributed by atoms with Crippen molar-refractivity contribution in [2.24, 2.45) is 22.4 Å². The molecule has 2 amide bonds. The number of hydrogen-bond donors (Lipinski definition) is 2. The first-order valence-corrected chi connectivity index (χ1v) is 12.5. The first kappa shape index (κ1) is 29.0. The summed E-state index contributed by atoms with van der Waals surface area (Å²) in [7, 11) is 0. The third-order valence-corrected chi connectivity index (χ3v) is 7.33. The van der Waals surface area contributed by atoms with Gasteiger partial charge in [-0.3, -0.25) is 14.5 Å². The lowest BCUT2D eigenvalue weighted by atomic mass is 9.83. The van der Waals surface area contributed by atoms with Gasteiger partial charge in [-0.25, -0.2) is 4.99 Å². The van der Waals surface area contributed by atoms with Crippen LogP contribution in [0.15, 0.2) is 41.4 Å². The Morgan fingerprint density at radius 1 is 1.26 bits per heavy atom. The van der Waals surface area contributed by atoms with Crippen molar-refractivity contribution in [2.75, 3.05) is 0 Å². The van der Waals surface area contributed by atoms with Crippen molar-refractivity contribution < 1.29 is 22.8 Å². The molecule has 202 valence electrons. The van der Waals surface area contributed by atoms with Gasteiger partial charge in [0, 0.05) is 11.6 Å². The number of nitrogens with zero attached hydrogens (tertiary/aromatic N) is 3. The summed E-state index contributed by atoms with van der Waals surface area (Å²) in [5.74, 6) is 0.487. The van der Waals surface area contributed by atoms with Crippen LogP contribution in [-0.2, 0) is 21.3 Å². The number of alkyl halides is 3. The highest BCUT2D eigenvalue weighted by molar-refractivity contribution is 6.34. The summed E-state index contributed by atoms with van der Waals surface area (Å²) in [5, 5.41) is 9.42. The summed E-state index contributed by atoms with van der Waals surface area (Å²) in [4.78, 5) is 28.1. The molecule has 38 heavy (non-hydrogen) atoms. The molecule has 0 aromatic heterocycles. The molecule has 0 saturated heterocycles. The predicted molar refractivity (Wildman–Crippen MR) is 139 cm³/mol. The van der Waals surface area contributed by atoms with Gasteiger partial charge < -0.3 is 11.5 Å². The Kier molecular flexibility index (Phi) is 8.72. The molecule has 1 fully saturated rings. The normalized spacial score (nSPS) is 23.6. The zero-order valence-corrected chi connectivity index (χ0v) is 21.8. The Labute approximate surface area is 224 Å². The highest BCUT2D eigenvalue weighted by Crippen LogP contribution is 2.43. The summed E-state index contributed by atoms with van der Waals surface area (Å²) >= 11 is 6.73. The van der Waals surface area contributed by atoms with E-state index in [0.717, 1.165) is 37.8 Å². The zero-order chi connectivity index (χ0) is 28.3. The molecular weight excluding hydrogens is 519 g/mol. The van der Waals surface area contributed by atoms with E-state index in [1.807, 2.05) is 0 Å². The van der Waals surface area contributed by atoms with E-state index in [9.17, 15) is 23.2 Å². The van der Waals surface area contributed by atoms with Gasteiger partial charge in [0.15, 0.2) is 5.96 Å². The van der Waals surface area contributed by atoms with Gasteiger partial charge in [0.25, 0.3) is 0 Å². The van der Waals surface area contributed by atoms with Gasteiger partial charge in [-0.2, -0.15) is 18.4 Å². The van der Waals surface area contributed by atoms with E-state index in [1.54, 1.807) is 36.1 Å². The largest absolute Gasteiger partial charge is 0.416 e. The minimum Gasteiger partial charge on any atom is -0.372 e. The van der Waals surface area contributed by atoms with Crippen molar-refractivity contribution in [3.05, 3.63) is 58.1 Å². The van der Waals surface area contributed by atoms with Gasteiger partial charge in [-0.15, -0.1) is 0 Å². The third kappa shape index (κ3) is 6.10. The second-order valence-electron chi connectivity index (χ2n) is 9.82. The fourth-order valence-corrected chi connectivity index (χ4v) is 5.66. The van der Waals surface area contributed by atoms with Crippen molar-refractivity contribution in [1.82, 2.24) is 4.90 Å². The number of rotatable bonds is 3. The lowest BCUT2D eigenvalue weighted by Gasteiger charge is -2.41. The number of primary amides is 1. The number of benzene rings is 2. The molecule has 4 N–H and O–H groups in total. The Hall–Kier alpha value is -3.58. The summed E-state index contributed by atoms with van der Waals surface area (Å²) in [6.45, 7) is 3.91. The fourth-order valence-electron chi connectivity index (χ4n) is 5.22. The monoisotopic (exact) mass is 547 g/mol. The molecule has 2 aliphatic rings. The Morgan fingerprint density at radius 3 is 2.53 bits per heavy atom. The number of amides is 2.